The predicted molar refractivity (Wildman–Crippen MR) is 103 cm³/mol. The summed E-state index contributed by atoms with van der Waals surface area (Å²) in [6, 6.07) is 7.98. The number of ether oxygens (including phenoxy) is 1. The Balaban J connectivity index is 1.55. The van der Waals surface area contributed by atoms with E-state index >= 15 is 0 Å². The van der Waals surface area contributed by atoms with Crippen molar-refractivity contribution in [2.24, 2.45) is 0 Å². The third kappa shape index (κ3) is 4.59. The van der Waals surface area contributed by atoms with E-state index in [4.69, 9.17) is 4.74 Å². The first kappa shape index (κ1) is 19.2. The lowest BCUT2D eigenvalue weighted by molar-refractivity contribution is -0.122. The molecule has 1 atom stereocenters. The van der Waals surface area contributed by atoms with Crippen LogP contribution in [0.4, 0.5) is 0 Å². The zero-order valence-electron chi connectivity index (χ0n) is 16.1. The van der Waals surface area contributed by atoms with Crippen LogP contribution in [-0.4, -0.2) is 32.9 Å². The van der Waals surface area contributed by atoms with Gasteiger partial charge in [-0.3, -0.25) is 9.36 Å². The Morgan fingerprint density at radius 2 is 2.15 bits per heavy atom. The monoisotopic (exact) mass is 372 g/mol. The van der Waals surface area contributed by atoms with Crippen molar-refractivity contribution in [3.05, 3.63) is 46.1 Å². The third-order valence-corrected chi connectivity index (χ3v) is 4.89. The van der Waals surface area contributed by atoms with E-state index in [0.717, 1.165) is 43.7 Å². The number of aryl methyl sites for hydroxylation is 2. The molecular weight excluding hydrogens is 344 g/mol. The van der Waals surface area contributed by atoms with Crippen LogP contribution in [0.2, 0.25) is 0 Å². The molecule has 0 radical (unpaired) electrons. The van der Waals surface area contributed by atoms with Crippen molar-refractivity contribution in [1.82, 2.24) is 19.7 Å². The summed E-state index contributed by atoms with van der Waals surface area (Å²) in [5.41, 5.74) is 0.984. The fourth-order valence-electron chi connectivity index (χ4n) is 3.37. The average Bonchev–Trinajstić information content (AvgIpc) is 2.99. The number of fused-ring (bicyclic) bond motifs is 1. The van der Waals surface area contributed by atoms with Crippen LogP contribution in [0, 0.1) is 0 Å². The van der Waals surface area contributed by atoms with Gasteiger partial charge in [-0.15, -0.1) is 0 Å². The maximum atomic E-state index is 12.4. The van der Waals surface area contributed by atoms with E-state index < -0.39 is 0 Å². The minimum Gasteiger partial charge on any atom is -0.488 e. The van der Waals surface area contributed by atoms with Gasteiger partial charge in [0.2, 0.25) is 5.91 Å². The van der Waals surface area contributed by atoms with E-state index in [1.54, 1.807) is 4.57 Å². The topological polar surface area (TPSA) is 78.2 Å². The summed E-state index contributed by atoms with van der Waals surface area (Å²) in [7, 11) is 0. The molecule has 0 fully saturated rings. The van der Waals surface area contributed by atoms with Crippen molar-refractivity contribution in [2.75, 3.05) is 6.54 Å². The molecule has 1 aromatic carbocycles. The van der Waals surface area contributed by atoms with Crippen LogP contribution in [-0.2, 0) is 30.7 Å². The second-order valence-corrected chi connectivity index (χ2v) is 6.89. The first-order valence-corrected chi connectivity index (χ1v) is 9.80. The molecule has 3 rings (SSSR count). The minimum atomic E-state index is -0.221. The van der Waals surface area contributed by atoms with Gasteiger partial charge in [-0.2, -0.15) is 5.10 Å². The standard InChI is InChI=1S/C20H28N4O3/c1-3-5-10-18-22-24(20(26)23(18)4-2)14-19(25)21-13-16-12-11-15-8-6-7-9-17(15)27-16/h6-9,16H,3-5,10-14H2,1-2H3,(H,21,25)/t16-/m1/s1. The molecule has 2 aromatic rings. The molecule has 0 aliphatic carbocycles. The van der Waals surface area contributed by atoms with Crippen LogP contribution in [0.25, 0.3) is 0 Å². The number of hydrogen-bond acceptors (Lipinski definition) is 4. The summed E-state index contributed by atoms with van der Waals surface area (Å²) in [5, 5.41) is 7.23. The molecule has 1 aromatic heterocycles. The molecule has 7 nitrogen and oxygen atoms in total. The van der Waals surface area contributed by atoms with E-state index in [2.05, 4.69) is 23.4 Å². The number of nitrogens with zero attached hydrogens (tertiary/aromatic N) is 3. The molecule has 0 saturated heterocycles. The number of hydrogen-bond donors (Lipinski definition) is 1. The number of unbranched alkanes of at least 4 members (excludes halogenated alkanes) is 1. The third-order valence-electron chi connectivity index (χ3n) is 4.89. The Hall–Kier alpha value is -2.57. The molecule has 27 heavy (non-hydrogen) atoms. The highest BCUT2D eigenvalue weighted by atomic mass is 16.5. The Morgan fingerprint density at radius 3 is 2.93 bits per heavy atom. The smallest absolute Gasteiger partial charge is 0.346 e. The van der Waals surface area contributed by atoms with Crippen LogP contribution in [0.5, 0.6) is 5.75 Å². The van der Waals surface area contributed by atoms with Gasteiger partial charge in [-0.05, 0) is 37.8 Å². The fraction of sp³-hybridized carbons (Fsp3) is 0.550. The van der Waals surface area contributed by atoms with Gasteiger partial charge in [-0.25, -0.2) is 9.48 Å². The molecule has 0 bridgehead atoms. The molecule has 1 aliphatic heterocycles. The minimum absolute atomic E-state index is 0.0473. The first-order valence-electron chi connectivity index (χ1n) is 9.80. The molecule has 0 unspecified atom stereocenters. The zero-order chi connectivity index (χ0) is 19.2. The Morgan fingerprint density at radius 1 is 1.33 bits per heavy atom. The number of para-hydroxylation sites is 1. The van der Waals surface area contributed by atoms with Crippen LogP contribution >= 0.6 is 0 Å². The van der Waals surface area contributed by atoms with Gasteiger partial charge in [-0.1, -0.05) is 31.5 Å². The van der Waals surface area contributed by atoms with Gasteiger partial charge in [0.25, 0.3) is 0 Å². The average molecular weight is 372 g/mol. The molecule has 7 heteroatoms. The summed E-state index contributed by atoms with van der Waals surface area (Å²) in [4.78, 5) is 24.7. The molecule has 1 N–H and O–H groups in total. The number of aromatic nitrogens is 3. The Labute approximate surface area is 159 Å². The van der Waals surface area contributed by atoms with Crippen LogP contribution < -0.4 is 15.7 Å². The summed E-state index contributed by atoms with van der Waals surface area (Å²) in [5.74, 6) is 1.42. The fourth-order valence-corrected chi connectivity index (χ4v) is 3.37. The zero-order valence-corrected chi connectivity index (χ0v) is 16.1. The normalized spacial score (nSPS) is 15.9. The van der Waals surface area contributed by atoms with Crippen LogP contribution in [0.15, 0.2) is 29.1 Å². The predicted octanol–water partition coefficient (Wildman–Crippen LogP) is 1.92. The summed E-state index contributed by atoms with van der Waals surface area (Å²) in [6.07, 6.45) is 4.53. The molecule has 0 spiro atoms. The van der Waals surface area contributed by atoms with Crippen LogP contribution in [0.1, 0.15) is 44.5 Å². The second kappa shape index (κ2) is 8.88. The maximum absolute atomic E-state index is 12.4. The van der Waals surface area contributed by atoms with Gasteiger partial charge in [0.05, 0.1) is 6.54 Å². The van der Waals surface area contributed by atoms with E-state index in [1.807, 2.05) is 25.1 Å². The number of rotatable bonds is 8. The number of amides is 1. The van der Waals surface area contributed by atoms with Crippen molar-refractivity contribution < 1.29 is 9.53 Å². The first-order chi connectivity index (χ1) is 13.1. The van der Waals surface area contributed by atoms with E-state index in [1.165, 1.54) is 10.2 Å². The van der Waals surface area contributed by atoms with Crippen molar-refractivity contribution in [2.45, 2.75) is 65.1 Å². The lowest BCUT2D eigenvalue weighted by Gasteiger charge is -2.26. The highest BCUT2D eigenvalue weighted by Gasteiger charge is 2.20. The van der Waals surface area contributed by atoms with Crippen molar-refractivity contribution in [3.63, 3.8) is 0 Å². The number of nitrogens with one attached hydrogen (secondary N) is 1. The molecule has 146 valence electrons. The number of carbonyl (C=O) groups excluding carboxylic acids is 1. The molecule has 2 heterocycles. The molecule has 1 amide bonds. The summed E-state index contributed by atoms with van der Waals surface area (Å²) >= 11 is 0. The molecular formula is C20H28N4O3. The lowest BCUT2D eigenvalue weighted by Crippen LogP contribution is -2.40. The Kier molecular flexibility index (Phi) is 6.32. The van der Waals surface area contributed by atoms with Gasteiger partial charge < -0.3 is 10.1 Å². The van der Waals surface area contributed by atoms with Crippen molar-refractivity contribution in [1.29, 1.82) is 0 Å². The lowest BCUT2D eigenvalue weighted by atomic mass is 10.0. The van der Waals surface area contributed by atoms with E-state index in [-0.39, 0.29) is 24.2 Å². The highest BCUT2D eigenvalue weighted by molar-refractivity contribution is 5.75. The van der Waals surface area contributed by atoms with Gasteiger partial charge in [0.1, 0.15) is 24.2 Å². The number of carbonyl (C=O) groups is 1. The Bertz CT molecular complexity index is 840. The summed E-state index contributed by atoms with van der Waals surface area (Å²) < 4.78 is 8.85. The maximum Gasteiger partial charge on any atom is 0.346 e. The molecule has 1 aliphatic rings. The summed E-state index contributed by atoms with van der Waals surface area (Å²) in [6.45, 7) is 4.95. The SMILES string of the molecule is CCCCc1nn(CC(=O)NC[C@H]2CCc3ccccc3O2)c(=O)n1CC. The largest absolute Gasteiger partial charge is 0.488 e. The molecule has 0 saturated carbocycles. The van der Waals surface area contributed by atoms with E-state index in [0.29, 0.717) is 13.1 Å². The van der Waals surface area contributed by atoms with Crippen molar-refractivity contribution in [3.8, 4) is 5.75 Å². The van der Waals surface area contributed by atoms with E-state index in [9.17, 15) is 9.59 Å². The number of benzene rings is 1. The quantitative estimate of drug-likeness (QED) is 0.768. The van der Waals surface area contributed by atoms with Gasteiger partial charge in [0, 0.05) is 13.0 Å². The van der Waals surface area contributed by atoms with Gasteiger partial charge >= 0.3 is 5.69 Å². The second-order valence-electron chi connectivity index (χ2n) is 6.89. The highest BCUT2D eigenvalue weighted by Crippen LogP contribution is 2.26. The van der Waals surface area contributed by atoms with Crippen LogP contribution in [0.3, 0.4) is 0 Å². The van der Waals surface area contributed by atoms with Gasteiger partial charge in [0.15, 0.2) is 0 Å². The van der Waals surface area contributed by atoms with Crippen molar-refractivity contribution >= 4 is 5.91 Å².